The summed E-state index contributed by atoms with van der Waals surface area (Å²) >= 11 is 6.42. The van der Waals surface area contributed by atoms with Crippen molar-refractivity contribution in [2.75, 3.05) is 36.5 Å². The molecule has 2 fully saturated rings. The average molecular weight is 338 g/mol. The van der Waals surface area contributed by atoms with Crippen LogP contribution in [0.4, 0.5) is 16.2 Å². The molecule has 1 aromatic carbocycles. The first-order chi connectivity index (χ1) is 11.2. The highest BCUT2D eigenvalue weighted by atomic mass is 35.5. The van der Waals surface area contributed by atoms with Crippen molar-refractivity contribution in [3.63, 3.8) is 0 Å². The van der Waals surface area contributed by atoms with E-state index >= 15 is 0 Å². The number of hydrogen-bond acceptors (Lipinski definition) is 3. The summed E-state index contributed by atoms with van der Waals surface area (Å²) in [6.45, 7) is 2.79. The fourth-order valence-electron chi connectivity index (χ4n) is 3.46. The second kappa shape index (κ2) is 7.41. The van der Waals surface area contributed by atoms with E-state index in [1.165, 1.54) is 19.3 Å². The van der Waals surface area contributed by atoms with Crippen molar-refractivity contribution in [1.29, 1.82) is 0 Å². The maximum atomic E-state index is 12.3. The molecule has 1 aromatic rings. The van der Waals surface area contributed by atoms with Crippen molar-refractivity contribution in [3.8, 4) is 0 Å². The van der Waals surface area contributed by atoms with Gasteiger partial charge in [-0.25, -0.2) is 4.79 Å². The monoisotopic (exact) mass is 337 g/mol. The van der Waals surface area contributed by atoms with Gasteiger partial charge in [-0.3, -0.25) is 0 Å². The predicted molar refractivity (Wildman–Crippen MR) is 93.3 cm³/mol. The molecular weight excluding hydrogens is 314 g/mol. The molecule has 6 heteroatoms. The van der Waals surface area contributed by atoms with Gasteiger partial charge < -0.3 is 20.2 Å². The minimum Gasteiger partial charge on any atom is -0.394 e. The number of piperidine rings is 1. The zero-order valence-electron chi connectivity index (χ0n) is 13.3. The Balaban J connectivity index is 1.66. The lowest BCUT2D eigenvalue weighted by Crippen LogP contribution is -2.40. The molecule has 0 aromatic heterocycles. The van der Waals surface area contributed by atoms with Crippen molar-refractivity contribution in [2.45, 2.75) is 38.1 Å². The summed E-state index contributed by atoms with van der Waals surface area (Å²) in [6.07, 6.45) is 5.48. The van der Waals surface area contributed by atoms with Crippen LogP contribution in [0.1, 0.15) is 32.1 Å². The Kier molecular flexibility index (Phi) is 5.28. The molecule has 0 saturated carbocycles. The van der Waals surface area contributed by atoms with Crippen molar-refractivity contribution >= 4 is 29.0 Å². The molecule has 5 nitrogen and oxygen atoms in total. The Morgan fingerprint density at radius 2 is 2.00 bits per heavy atom. The first-order valence-electron chi connectivity index (χ1n) is 8.42. The van der Waals surface area contributed by atoms with Crippen LogP contribution in [0.15, 0.2) is 18.2 Å². The van der Waals surface area contributed by atoms with E-state index in [-0.39, 0.29) is 18.7 Å². The third kappa shape index (κ3) is 3.72. The van der Waals surface area contributed by atoms with E-state index in [4.69, 9.17) is 11.6 Å². The SMILES string of the molecule is O=C(Nc1ccc(N2CCCCC2)c(Cl)c1)N1CCC[C@H]1CO. The standard InChI is InChI=1S/C17H24ClN3O2/c18-15-11-13(6-7-16(15)20-8-2-1-3-9-20)19-17(23)21-10-4-5-14(21)12-22/h6-7,11,14,22H,1-5,8-10,12H2,(H,19,23)/t14-/m0/s1. The maximum absolute atomic E-state index is 12.3. The highest BCUT2D eigenvalue weighted by Crippen LogP contribution is 2.31. The van der Waals surface area contributed by atoms with Gasteiger partial charge in [0.1, 0.15) is 0 Å². The molecule has 2 amide bonds. The molecule has 23 heavy (non-hydrogen) atoms. The van der Waals surface area contributed by atoms with Crippen molar-refractivity contribution in [1.82, 2.24) is 4.90 Å². The Labute approximate surface area is 142 Å². The number of nitrogens with one attached hydrogen (secondary N) is 1. The fraction of sp³-hybridized carbons (Fsp3) is 0.588. The van der Waals surface area contributed by atoms with Gasteiger partial charge in [-0.15, -0.1) is 0 Å². The molecule has 0 bridgehead atoms. The van der Waals surface area contributed by atoms with E-state index in [2.05, 4.69) is 10.2 Å². The number of likely N-dealkylation sites (tertiary alicyclic amines) is 1. The molecule has 0 aliphatic carbocycles. The van der Waals surface area contributed by atoms with Crippen LogP contribution >= 0.6 is 11.6 Å². The second-order valence-corrected chi connectivity index (χ2v) is 6.72. The molecular formula is C17H24ClN3O2. The number of rotatable bonds is 3. The van der Waals surface area contributed by atoms with Crippen LogP contribution in [-0.4, -0.2) is 48.3 Å². The second-order valence-electron chi connectivity index (χ2n) is 6.32. The molecule has 0 unspecified atom stereocenters. The highest BCUT2D eigenvalue weighted by molar-refractivity contribution is 6.33. The van der Waals surface area contributed by atoms with Gasteiger partial charge in [-0.1, -0.05) is 11.6 Å². The summed E-state index contributed by atoms with van der Waals surface area (Å²) in [5.41, 5.74) is 1.74. The van der Waals surface area contributed by atoms with Gasteiger partial charge >= 0.3 is 6.03 Å². The van der Waals surface area contributed by atoms with Crippen molar-refractivity contribution in [3.05, 3.63) is 23.2 Å². The predicted octanol–water partition coefficient (Wildman–Crippen LogP) is 3.32. The number of urea groups is 1. The minimum absolute atomic E-state index is 0.0159. The van der Waals surface area contributed by atoms with Crippen LogP contribution in [0, 0.1) is 0 Å². The smallest absolute Gasteiger partial charge is 0.322 e. The zero-order valence-corrected chi connectivity index (χ0v) is 14.1. The average Bonchev–Trinajstić information content (AvgIpc) is 3.04. The number of aliphatic hydroxyl groups is 1. The number of amides is 2. The summed E-state index contributed by atoms with van der Waals surface area (Å²) < 4.78 is 0. The minimum atomic E-state index is -0.164. The summed E-state index contributed by atoms with van der Waals surface area (Å²) in [6, 6.07) is 5.46. The molecule has 2 aliphatic rings. The van der Waals surface area contributed by atoms with Crippen LogP contribution in [0.3, 0.4) is 0 Å². The molecule has 2 heterocycles. The van der Waals surface area contributed by atoms with E-state index in [0.29, 0.717) is 17.3 Å². The summed E-state index contributed by atoms with van der Waals surface area (Å²) in [4.78, 5) is 16.3. The number of carbonyl (C=O) groups is 1. The van der Waals surface area contributed by atoms with E-state index in [1.807, 2.05) is 18.2 Å². The van der Waals surface area contributed by atoms with Crippen molar-refractivity contribution < 1.29 is 9.90 Å². The first kappa shape index (κ1) is 16.4. The number of carbonyl (C=O) groups excluding carboxylic acids is 1. The summed E-state index contributed by atoms with van der Waals surface area (Å²) in [5.74, 6) is 0. The van der Waals surface area contributed by atoms with E-state index in [9.17, 15) is 9.90 Å². The van der Waals surface area contributed by atoms with Crippen LogP contribution in [-0.2, 0) is 0 Å². The quantitative estimate of drug-likeness (QED) is 0.889. The van der Waals surface area contributed by atoms with Gasteiger partial charge in [0, 0.05) is 25.3 Å². The number of halogens is 1. The van der Waals surface area contributed by atoms with Crippen LogP contribution in [0.2, 0.25) is 5.02 Å². The Morgan fingerprint density at radius 1 is 1.22 bits per heavy atom. The highest BCUT2D eigenvalue weighted by Gasteiger charge is 2.28. The molecule has 3 rings (SSSR count). The molecule has 2 aliphatic heterocycles. The fourth-order valence-corrected chi connectivity index (χ4v) is 3.76. The van der Waals surface area contributed by atoms with E-state index in [0.717, 1.165) is 31.6 Å². The van der Waals surface area contributed by atoms with Gasteiger partial charge in [0.05, 0.1) is 23.4 Å². The first-order valence-corrected chi connectivity index (χ1v) is 8.80. The Morgan fingerprint density at radius 3 is 2.70 bits per heavy atom. The number of aliphatic hydroxyl groups excluding tert-OH is 1. The number of hydrogen-bond donors (Lipinski definition) is 2. The van der Waals surface area contributed by atoms with Crippen LogP contribution in [0.25, 0.3) is 0 Å². The molecule has 2 saturated heterocycles. The van der Waals surface area contributed by atoms with E-state index in [1.54, 1.807) is 4.90 Å². The number of anilines is 2. The number of nitrogens with zero attached hydrogens (tertiary/aromatic N) is 2. The van der Waals surface area contributed by atoms with Crippen LogP contribution in [0.5, 0.6) is 0 Å². The molecule has 0 radical (unpaired) electrons. The lowest BCUT2D eigenvalue weighted by molar-refractivity contribution is 0.166. The number of benzene rings is 1. The molecule has 2 N–H and O–H groups in total. The third-order valence-electron chi connectivity index (χ3n) is 4.74. The lowest BCUT2D eigenvalue weighted by Gasteiger charge is -2.30. The maximum Gasteiger partial charge on any atom is 0.322 e. The zero-order chi connectivity index (χ0) is 16.2. The van der Waals surface area contributed by atoms with Crippen LogP contribution < -0.4 is 10.2 Å². The summed E-state index contributed by atoms with van der Waals surface area (Å²) in [7, 11) is 0. The molecule has 0 spiro atoms. The largest absolute Gasteiger partial charge is 0.394 e. The normalized spacial score (nSPS) is 21.6. The topological polar surface area (TPSA) is 55.8 Å². The van der Waals surface area contributed by atoms with Gasteiger partial charge in [-0.05, 0) is 50.3 Å². The van der Waals surface area contributed by atoms with Gasteiger partial charge in [0.15, 0.2) is 0 Å². The lowest BCUT2D eigenvalue weighted by atomic mass is 10.1. The van der Waals surface area contributed by atoms with E-state index < -0.39 is 0 Å². The van der Waals surface area contributed by atoms with Crippen molar-refractivity contribution in [2.24, 2.45) is 0 Å². The Hall–Kier alpha value is -1.46. The van der Waals surface area contributed by atoms with Gasteiger partial charge in [-0.2, -0.15) is 0 Å². The van der Waals surface area contributed by atoms with Gasteiger partial charge in [0.2, 0.25) is 0 Å². The van der Waals surface area contributed by atoms with Gasteiger partial charge in [0.25, 0.3) is 0 Å². The third-order valence-corrected chi connectivity index (χ3v) is 5.05. The molecule has 126 valence electrons. The summed E-state index contributed by atoms with van der Waals surface area (Å²) in [5, 5.41) is 12.9. The Bertz CT molecular complexity index is 561. The molecule has 1 atom stereocenters.